The second-order valence-electron chi connectivity index (χ2n) is 10.9. The molecule has 0 heterocycles. The second kappa shape index (κ2) is 13.1. The molecule has 3 aromatic carbocycles. The van der Waals surface area contributed by atoms with E-state index in [1.165, 1.54) is 17.0 Å². The van der Waals surface area contributed by atoms with Crippen molar-refractivity contribution in [2.75, 3.05) is 10.8 Å². The maximum Gasteiger partial charge on any atom is 0.264 e. The Morgan fingerprint density at radius 3 is 2.12 bits per heavy atom. The van der Waals surface area contributed by atoms with E-state index in [4.69, 9.17) is 11.6 Å². The van der Waals surface area contributed by atoms with Crippen molar-refractivity contribution < 1.29 is 18.0 Å². The number of nitrogens with zero attached hydrogens (tertiary/aromatic N) is 2. The Morgan fingerprint density at radius 1 is 0.927 bits per heavy atom. The van der Waals surface area contributed by atoms with E-state index in [2.05, 4.69) is 5.32 Å². The van der Waals surface area contributed by atoms with Crippen LogP contribution in [0, 0.1) is 20.8 Å². The van der Waals surface area contributed by atoms with Gasteiger partial charge in [0.25, 0.3) is 10.0 Å². The third-order valence-electron chi connectivity index (χ3n) is 7.67. The minimum Gasteiger partial charge on any atom is -0.352 e. The number of aryl methyl sites for hydroxylation is 3. The van der Waals surface area contributed by atoms with Crippen molar-refractivity contribution in [3.63, 3.8) is 0 Å². The van der Waals surface area contributed by atoms with Crippen LogP contribution in [0.5, 0.6) is 0 Å². The number of carbonyl (C=O) groups is 2. The van der Waals surface area contributed by atoms with Crippen LogP contribution in [0.25, 0.3) is 0 Å². The summed E-state index contributed by atoms with van der Waals surface area (Å²) >= 11 is 6.30. The standard InChI is InChI=1S/C32H38ClN3O4S/c1-22-9-14-26(15-10-22)20-35(25(4)32(38)34-28-7-5-6-8-28)31(37)21-36(30-19-27(33)16-13-24(30)3)41(39,40)29-17-11-23(2)12-18-29/h9-19,25,28H,5-8,20-21H2,1-4H3,(H,34,38)/t25-/m0/s1. The molecule has 0 bridgehead atoms. The molecule has 218 valence electrons. The van der Waals surface area contributed by atoms with E-state index in [0.29, 0.717) is 16.3 Å². The van der Waals surface area contributed by atoms with Crippen LogP contribution >= 0.6 is 11.6 Å². The highest BCUT2D eigenvalue weighted by Gasteiger charge is 2.34. The average molecular weight is 596 g/mol. The van der Waals surface area contributed by atoms with Crippen LogP contribution in [0.4, 0.5) is 5.69 Å². The fourth-order valence-corrected chi connectivity index (χ4v) is 6.70. The average Bonchev–Trinajstić information content (AvgIpc) is 3.45. The molecule has 1 aliphatic rings. The van der Waals surface area contributed by atoms with E-state index >= 15 is 0 Å². The molecule has 41 heavy (non-hydrogen) atoms. The highest BCUT2D eigenvalue weighted by Crippen LogP contribution is 2.30. The van der Waals surface area contributed by atoms with E-state index < -0.39 is 28.5 Å². The Morgan fingerprint density at radius 2 is 1.51 bits per heavy atom. The van der Waals surface area contributed by atoms with Gasteiger partial charge in [-0.2, -0.15) is 0 Å². The molecule has 9 heteroatoms. The number of sulfonamides is 1. The van der Waals surface area contributed by atoms with Crippen molar-refractivity contribution in [1.29, 1.82) is 0 Å². The van der Waals surface area contributed by atoms with Gasteiger partial charge in [-0.3, -0.25) is 13.9 Å². The summed E-state index contributed by atoms with van der Waals surface area (Å²) in [6.45, 7) is 6.98. The lowest BCUT2D eigenvalue weighted by atomic mass is 10.1. The van der Waals surface area contributed by atoms with E-state index in [-0.39, 0.29) is 23.4 Å². The third-order valence-corrected chi connectivity index (χ3v) is 9.68. The van der Waals surface area contributed by atoms with Crippen molar-refractivity contribution in [1.82, 2.24) is 10.2 Å². The van der Waals surface area contributed by atoms with Gasteiger partial charge in [0, 0.05) is 17.6 Å². The molecule has 4 rings (SSSR count). The van der Waals surface area contributed by atoms with Gasteiger partial charge < -0.3 is 10.2 Å². The van der Waals surface area contributed by atoms with Crippen molar-refractivity contribution in [2.24, 2.45) is 0 Å². The third kappa shape index (κ3) is 7.49. The maximum absolute atomic E-state index is 14.1. The summed E-state index contributed by atoms with van der Waals surface area (Å²) in [5, 5.41) is 3.44. The first-order valence-electron chi connectivity index (χ1n) is 14.0. The first-order valence-corrected chi connectivity index (χ1v) is 15.8. The number of rotatable bonds is 10. The highest BCUT2D eigenvalue weighted by molar-refractivity contribution is 7.92. The van der Waals surface area contributed by atoms with Gasteiger partial charge in [-0.05, 0) is 75.9 Å². The summed E-state index contributed by atoms with van der Waals surface area (Å²) in [5.74, 6) is -0.737. The number of halogens is 1. The van der Waals surface area contributed by atoms with Crippen molar-refractivity contribution in [3.8, 4) is 0 Å². The van der Waals surface area contributed by atoms with Gasteiger partial charge in [0.2, 0.25) is 11.8 Å². The summed E-state index contributed by atoms with van der Waals surface area (Å²) in [6, 6.07) is 18.5. The SMILES string of the molecule is Cc1ccc(CN(C(=O)CN(c2cc(Cl)ccc2C)S(=O)(=O)c2ccc(C)cc2)[C@@H](C)C(=O)NC2CCCC2)cc1. The van der Waals surface area contributed by atoms with Crippen molar-refractivity contribution >= 4 is 39.1 Å². The summed E-state index contributed by atoms with van der Waals surface area (Å²) in [6.07, 6.45) is 3.97. The molecule has 1 N–H and O–H groups in total. The minimum absolute atomic E-state index is 0.0624. The lowest BCUT2D eigenvalue weighted by Crippen LogP contribution is -2.52. The van der Waals surface area contributed by atoms with Gasteiger partial charge in [0.15, 0.2) is 0 Å². The topological polar surface area (TPSA) is 86.8 Å². The van der Waals surface area contributed by atoms with Crippen molar-refractivity contribution in [3.05, 3.63) is 94.0 Å². The van der Waals surface area contributed by atoms with Gasteiger partial charge in [-0.1, -0.05) is 78.0 Å². The lowest BCUT2D eigenvalue weighted by Gasteiger charge is -2.33. The zero-order valence-electron chi connectivity index (χ0n) is 24.1. The Labute approximate surface area is 248 Å². The first kappa shape index (κ1) is 30.6. The predicted octanol–water partition coefficient (Wildman–Crippen LogP) is 5.94. The Hall–Kier alpha value is -3.36. The van der Waals surface area contributed by atoms with Crippen LogP contribution in [0.15, 0.2) is 71.6 Å². The molecular formula is C32H38ClN3O4S. The zero-order valence-corrected chi connectivity index (χ0v) is 25.6. The molecule has 0 aliphatic heterocycles. The van der Waals surface area contributed by atoms with Crippen LogP contribution in [-0.2, 0) is 26.2 Å². The van der Waals surface area contributed by atoms with Gasteiger partial charge in [-0.15, -0.1) is 0 Å². The number of nitrogens with one attached hydrogen (secondary N) is 1. The zero-order chi connectivity index (χ0) is 29.7. The molecule has 0 spiro atoms. The first-order chi connectivity index (χ1) is 19.5. The largest absolute Gasteiger partial charge is 0.352 e. The molecular weight excluding hydrogens is 558 g/mol. The maximum atomic E-state index is 14.1. The van der Waals surface area contributed by atoms with E-state index in [1.54, 1.807) is 44.2 Å². The van der Waals surface area contributed by atoms with E-state index in [1.807, 2.05) is 38.1 Å². The molecule has 0 aromatic heterocycles. The molecule has 1 fully saturated rings. The number of hydrogen-bond acceptors (Lipinski definition) is 4. The molecule has 1 saturated carbocycles. The van der Waals surface area contributed by atoms with Gasteiger partial charge in [-0.25, -0.2) is 8.42 Å². The summed E-state index contributed by atoms with van der Waals surface area (Å²) in [5.41, 5.74) is 3.79. The monoisotopic (exact) mass is 595 g/mol. The quantitative estimate of drug-likeness (QED) is 0.314. The normalized spacial score (nSPS) is 14.5. The van der Waals surface area contributed by atoms with Gasteiger partial charge in [0.1, 0.15) is 12.6 Å². The smallest absolute Gasteiger partial charge is 0.264 e. The number of hydrogen-bond donors (Lipinski definition) is 1. The second-order valence-corrected chi connectivity index (χ2v) is 13.2. The number of carbonyl (C=O) groups excluding carboxylic acids is 2. The number of amides is 2. The molecule has 0 saturated heterocycles. The molecule has 1 aliphatic carbocycles. The fraction of sp³-hybridized carbons (Fsp3) is 0.375. The van der Waals surface area contributed by atoms with Crippen LogP contribution < -0.4 is 9.62 Å². The molecule has 2 amide bonds. The van der Waals surface area contributed by atoms with E-state index in [9.17, 15) is 18.0 Å². The minimum atomic E-state index is -4.16. The van der Waals surface area contributed by atoms with Crippen LogP contribution in [0.1, 0.15) is 54.9 Å². The van der Waals surface area contributed by atoms with Gasteiger partial charge in [0.05, 0.1) is 10.6 Å². The van der Waals surface area contributed by atoms with Crippen LogP contribution in [0.3, 0.4) is 0 Å². The predicted molar refractivity (Wildman–Crippen MR) is 163 cm³/mol. The van der Waals surface area contributed by atoms with Crippen LogP contribution in [-0.4, -0.2) is 43.8 Å². The molecule has 3 aromatic rings. The van der Waals surface area contributed by atoms with E-state index in [0.717, 1.165) is 46.7 Å². The molecule has 0 unspecified atom stereocenters. The van der Waals surface area contributed by atoms with Crippen molar-refractivity contribution in [2.45, 2.75) is 76.9 Å². The fourth-order valence-electron chi connectivity index (χ4n) is 5.07. The molecule has 7 nitrogen and oxygen atoms in total. The van der Waals surface area contributed by atoms with Gasteiger partial charge >= 0.3 is 0 Å². The molecule has 0 radical (unpaired) electrons. The van der Waals surface area contributed by atoms with Crippen LogP contribution in [0.2, 0.25) is 5.02 Å². The Kier molecular flexibility index (Phi) is 9.76. The molecule has 1 atom stereocenters. The Bertz CT molecular complexity index is 1480. The number of benzene rings is 3. The Balaban J connectivity index is 1.71. The highest BCUT2D eigenvalue weighted by atomic mass is 35.5. The summed E-state index contributed by atoms with van der Waals surface area (Å²) in [4.78, 5) is 29.0. The summed E-state index contributed by atoms with van der Waals surface area (Å²) < 4.78 is 29.2. The number of anilines is 1. The lowest BCUT2D eigenvalue weighted by molar-refractivity contribution is -0.139. The summed E-state index contributed by atoms with van der Waals surface area (Å²) in [7, 11) is -4.16.